The van der Waals surface area contributed by atoms with E-state index in [0.717, 1.165) is 5.56 Å². The molecule has 3 aliphatic rings. The van der Waals surface area contributed by atoms with E-state index < -0.39 is 39.8 Å². The Morgan fingerprint density at radius 2 is 2.03 bits per heavy atom. The summed E-state index contributed by atoms with van der Waals surface area (Å²) in [6, 6.07) is 4.07. The molecule has 0 spiro atoms. The van der Waals surface area contributed by atoms with Crippen LogP contribution in [-0.2, 0) is 19.5 Å². The van der Waals surface area contributed by atoms with Gasteiger partial charge in [-0.2, -0.15) is 9.98 Å². The van der Waals surface area contributed by atoms with Crippen LogP contribution in [0.15, 0.2) is 45.8 Å². The molecule has 10 heteroatoms. The Bertz CT molecular complexity index is 1310. The number of nitriles is 1. The lowest BCUT2D eigenvalue weighted by Crippen LogP contribution is -2.48. The number of carbonyl (C=O) groups is 1. The third kappa shape index (κ3) is 4.10. The number of sulfonamides is 1. The molecule has 1 aromatic carbocycles. The molecular formula is C24H26FN3O5S. The second-order valence-electron chi connectivity index (χ2n) is 8.82. The van der Waals surface area contributed by atoms with Gasteiger partial charge < -0.3 is 14.8 Å². The number of rotatable bonds is 3. The van der Waals surface area contributed by atoms with E-state index in [1.807, 2.05) is 6.92 Å². The van der Waals surface area contributed by atoms with Gasteiger partial charge in [-0.3, -0.25) is 0 Å². The highest BCUT2D eigenvalue weighted by Gasteiger charge is 2.43. The van der Waals surface area contributed by atoms with Crippen LogP contribution in [0.1, 0.15) is 42.4 Å². The Morgan fingerprint density at radius 1 is 1.29 bits per heavy atom. The summed E-state index contributed by atoms with van der Waals surface area (Å²) in [5, 5.41) is 12.1. The van der Waals surface area contributed by atoms with Crippen LogP contribution in [0.3, 0.4) is 0 Å². The number of hydrogen-bond donors (Lipinski definition) is 2. The summed E-state index contributed by atoms with van der Waals surface area (Å²) in [4.78, 5) is 12.2. The number of halogens is 1. The monoisotopic (exact) mass is 487 g/mol. The lowest BCUT2D eigenvalue weighted by molar-refractivity contribution is 0.157. The Balaban J connectivity index is 1.92. The summed E-state index contributed by atoms with van der Waals surface area (Å²) in [5.74, 6) is -1.47. The first-order valence-corrected chi connectivity index (χ1v) is 12.4. The number of aryl methyl sites for hydroxylation is 1. The van der Waals surface area contributed by atoms with Gasteiger partial charge in [-0.15, -0.1) is 0 Å². The van der Waals surface area contributed by atoms with Crippen molar-refractivity contribution in [2.75, 3.05) is 13.7 Å². The molecule has 0 bridgehead atoms. The largest absolute Gasteiger partial charge is 0.496 e. The summed E-state index contributed by atoms with van der Waals surface area (Å²) in [6.07, 6.45) is 1.17. The quantitative estimate of drug-likeness (QED) is 0.673. The predicted molar refractivity (Wildman–Crippen MR) is 122 cm³/mol. The maximum Gasteiger partial charge on any atom is 0.412 e. The van der Waals surface area contributed by atoms with Gasteiger partial charge in [0.25, 0.3) is 0 Å². The summed E-state index contributed by atoms with van der Waals surface area (Å²) in [6.45, 7) is 5.50. The summed E-state index contributed by atoms with van der Waals surface area (Å²) in [7, 11) is -2.81. The zero-order valence-corrected chi connectivity index (χ0v) is 20.2. The van der Waals surface area contributed by atoms with E-state index in [1.165, 1.54) is 19.3 Å². The smallest absolute Gasteiger partial charge is 0.412 e. The fourth-order valence-corrected chi connectivity index (χ4v) is 6.76. The highest BCUT2D eigenvalue weighted by molar-refractivity contribution is 7.93. The molecule has 8 nitrogen and oxygen atoms in total. The number of methoxy groups -OCH3 is 1. The van der Waals surface area contributed by atoms with E-state index in [1.54, 1.807) is 19.9 Å². The van der Waals surface area contributed by atoms with Crippen LogP contribution in [-0.4, -0.2) is 34.2 Å². The number of amides is 1. The van der Waals surface area contributed by atoms with E-state index in [9.17, 15) is 22.9 Å². The molecule has 0 aromatic heterocycles. The van der Waals surface area contributed by atoms with Gasteiger partial charge in [-0.25, -0.2) is 17.6 Å². The van der Waals surface area contributed by atoms with Crippen molar-refractivity contribution in [2.24, 2.45) is 5.92 Å². The van der Waals surface area contributed by atoms with E-state index in [2.05, 4.69) is 16.1 Å². The lowest BCUT2D eigenvalue weighted by Gasteiger charge is -2.37. The van der Waals surface area contributed by atoms with Crippen LogP contribution >= 0.6 is 0 Å². The topological polar surface area (TPSA) is 118 Å². The molecule has 2 N–H and O–H groups in total. The van der Waals surface area contributed by atoms with Gasteiger partial charge in [0.05, 0.1) is 19.2 Å². The van der Waals surface area contributed by atoms with Crippen LogP contribution in [0.4, 0.5) is 9.18 Å². The number of nitrogens with zero attached hydrogens (tertiary/aromatic N) is 1. The van der Waals surface area contributed by atoms with Crippen molar-refractivity contribution in [1.29, 1.82) is 5.26 Å². The van der Waals surface area contributed by atoms with E-state index >= 15 is 0 Å². The average molecular weight is 488 g/mol. The zero-order valence-electron chi connectivity index (χ0n) is 19.4. The number of ether oxygens (including phenoxy) is 2. The van der Waals surface area contributed by atoms with Crippen molar-refractivity contribution in [3.8, 4) is 6.07 Å². The van der Waals surface area contributed by atoms with Gasteiger partial charge in [0, 0.05) is 24.0 Å². The standard InChI is InChI=1S/C24H26FN3O5S/c1-12-5-6-18(25)20(13(12)2)14(3)21-22-17(11-27-24(29)33-22)9-16-7-15(10-26)8-19(32-4)23(16)34(30,31)28-21/h5-6,8,14,16,21,28H,7,9,11H2,1-4H3,(H,27,29)/t14-,16?,21+/m1/s1. The second kappa shape index (κ2) is 8.89. The molecule has 1 aromatic rings. The number of alkyl carbamates (subject to hydrolysis) is 1. The van der Waals surface area contributed by atoms with Gasteiger partial charge in [-0.05, 0) is 61.1 Å². The van der Waals surface area contributed by atoms with Gasteiger partial charge in [0.2, 0.25) is 10.0 Å². The van der Waals surface area contributed by atoms with Crippen molar-refractivity contribution in [1.82, 2.24) is 10.0 Å². The Hall–Kier alpha value is -3.16. The first-order chi connectivity index (χ1) is 16.1. The highest BCUT2D eigenvalue weighted by atomic mass is 32.2. The number of fused-ring (bicyclic) bond motifs is 1. The normalized spacial score (nSPS) is 24.9. The summed E-state index contributed by atoms with van der Waals surface area (Å²) in [5.41, 5.74) is 2.99. The SMILES string of the molecule is COC1=C2C(CC(C#N)=C1)CC1=C(OC(=O)NC1)[C@H]([C@H](C)c1c(F)ccc(C)c1C)NS2(=O)=O. The second-order valence-corrected chi connectivity index (χ2v) is 10.5. The van der Waals surface area contributed by atoms with Crippen LogP contribution in [0, 0.1) is 36.9 Å². The number of nitrogens with one attached hydrogen (secondary N) is 2. The van der Waals surface area contributed by atoms with Crippen molar-refractivity contribution in [3.63, 3.8) is 0 Å². The minimum Gasteiger partial charge on any atom is -0.496 e. The molecule has 2 heterocycles. The summed E-state index contributed by atoms with van der Waals surface area (Å²) >= 11 is 0. The molecule has 1 amide bonds. The van der Waals surface area contributed by atoms with Crippen LogP contribution < -0.4 is 10.0 Å². The van der Waals surface area contributed by atoms with Gasteiger partial charge in [-0.1, -0.05) is 13.0 Å². The van der Waals surface area contributed by atoms with E-state index in [-0.39, 0.29) is 35.8 Å². The number of carbonyl (C=O) groups excluding carboxylic acids is 1. The zero-order chi connectivity index (χ0) is 24.8. The van der Waals surface area contributed by atoms with Gasteiger partial charge in [0.1, 0.15) is 22.2 Å². The molecule has 2 aliphatic heterocycles. The average Bonchev–Trinajstić information content (AvgIpc) is 2.79. The highest BCUT2D eigenvalue weighted by Crippen LogP contribution is 2.42. The van der Waals surface area contributed by atoms with Gasteiger partial charge in [0.15, 0.2) is 0 Å². The van der Waals surface area contributed by atoms with Crippen molar-refractivity contribution in [2.45, 2.75) is 45.6 Å². The Morgan fingerprint density at radius 3 is 2.71 bits per heavy atom. The van der Waals surface area contributed by atoms with E-state index in [0.29, 0.717) is 22.3 Å². The molecule has 0 saturated heterocycles. The van der Waals surface area contributed by atoms with Crippen LogP contribution in [0.2, 0.25) is 0 Å². The number of hydrogen-bond acceptors (Lipinski definition) is 6. The number of benzene rings is 1. The maximum absolute atomic E-state index is 15.0. The molecule has 180 valence electrons. The fraction of sp³-hybridized carbons (Fsp3) is 0.417. The molecule has 34 heavy (non-hydrogen) atoms. The molecule has 1 unspecified atom stereocenters. The molecule has 3 atom stereocenters. The van der Waals surface area contributed by atoms with Crippen LogP contribution in [0.25, 0.3) is 0 Å². The minimum atomic E-state index is -4.16. The molecule has 1 aliphatic carbocycles. The summed E-state index contributed by atoms with van der Waals surface area (Å²) < 4.78 is 55.9. The Kier molecular flexibility index (Phi) is 6.27. The van der Waals surface area contributed by atoms with Gasteiger partial charge >= 0.3 is 6.09 Å². The third-order valence-corrected chi connectivity index (χ3v) is 8.46. The fourth-order valence-electron chi connectivity index (χ4n) is 4.97. The van der Waals surface area contributed by atoms with Crippen molar-refractivity contribution in [3.05, 3.63) is 68.3 Å². The first-order valence-electron chi connectivity index (χ1n) is 10.9. The Labute approximate surface area is 198 Å². The van der Waals surface area contributed by atoms with Crippen molar-refractivity contribution < 1.29 is 27.1 Å². The molecular weight excluding hydrogens is 461 g/mol. The molecule has 0 radical (unpaired) electrons. The minimum absolute atomic E-state index is 0.0380. The maximum atomic E-state index is 15.0. The third-order valence-electron chi connectivity index (χ3n) is 6.78. The molecule has 4 rings (SSSR count). The lowest BCUT2D eigenvalue weighted by atomic mass is 9.83. The van der Waals surface area contributed by atoms with E-state index in [4.69, 9.17) is 9.47 Å². The van der Waals surface area contributed by atoms with Crippen LogP contribution in [0.5, 0.6) is 0 Å². The van der Waals surface area contributed by atoms with Crippen molar-refractivity contribution >= 4 is 16.1 Å². The number of allylic oxidation sites excluding steroid dienone is 3. The predicted octanol–water partition coefficient (Wildman–Crippen LogP) is 3.56. The first kappa shape index (κ1) is 24.0. The molecule has 0 saturated carbocycles. The molecule has 0 fully saturated rings.